The summed E-state index contributed by atoms with van der Waals surface area (Å²) < 4.78 is 107. The molecule has 9 nitrogen and oxygen atoms in total. The molecule has 1 aromatic heterocycles. The van der Waals surface area contributed by atoms with Crippen molar-refractivity contribution >= 4 is 27.7 Å². The maximum atomic E-state index is 14.2. The van der Waals surface area contributed by atoms with E-state index in [9.17, 15) is 39.6 Å². The molecule has 16 heteroatoms. The summed E-state index contributed by atoms with van der Waals surface area (Å²) in [6.45, 7) is 2.55. The van der Waals surface area contributed by atoms with Crippen LogP contribution < -0.4 is 14.9 Å². The normalized spacial score (nSPS) is 16.9. The lowest BCUT2D eigenvalue weighted by molar-refractivity contribution is -0.143. The quantitative estimate of drug-likeness (QED) is 0.336. The number of fused-ring (bicyclic) bond motifs is 1. The zero-order valence-electron chi connectivity index (χ0n) is 25.0. The molecule has 0 bridgehead atoms. The van der Waals surface area contributed by atoms with Crippen LogP contribution in [0.2, 0.25) is 0 Å². The number of hydrogen-bond acceptors (Lipinski definition) is 7. The van der Waals surface area contributed by atoms with Gasteiger partial charge < -0.3 is 15.1 Å². The number of aryl methyl sites for hydroxylation is 1. The van der Waals surface area contributed by atoms with Crippen molar-refractivity contribution in [3.8, 4) is 11.3 Å². The van der Waals surface area contributed by atoms with Gasteiger partial charge in [0.15, 0.2) is 0 Å². The van der Waals surface area contributed by atoms with Gasteiger partial charge in [-0.05, 0) is 55.5 Å². The van der Waals surface area contributed by atoms with Crippen LogP contribution in [0.15, 0.2) is 42.5 Å². The minimum atomic E-state index is -5.02. The second-order valence-electron chi connectivity index (χ2n) is 11.5. The fourth-order valence-corrected chi connectivity index (χ4v) is 6.51. The summed E-state index contributed by atoms with van der Waals surface area (Å²) in [5, 5.41) is 3.17. The Morgan fingerprint density at radius 1 is 0.957 bits per heavy atom. The van der Waals surface area contributed by atoms with E-state index < -0.39 is 46.0 Å². The first kappa shape index (κ1) is 33.4. The number of alkyl halides is 6. The number of rotatable bonds is 6. The van der Waals surface area contributed by atoms with E-state index in [0.29, 0.717) is 62.5 Å². The Labute approximate surface area is 262 Å². The van der Waals surface area contributed by atoms with Crippen LogP contribution >= 0.6 is 0 Å². The predicted octanol–water partition coefficient (Wildman–Crippen LogP) is 5.47. The summed E-state index contributed by atoms with van der Waals surface area (Å²) in [6.07, 6.45) is -7.62. The van der Waals surface area contributed by atoms with E-state index in [4.69, 9.17) is 4.98 Å². The largest absolute Gasteiger partial charge is 0.416 e. The Hall–Kier alpha value is -3.92. The number of nitrogens with one attached hydrogen (secondary N) is 2. The third-order valence-electron chi connectivity index (χ3n) is 7.88. The van der Waals surface area contributed by atoms with Gasteiger partial charge in [0, 0.05) is 44.3 Å². The van der Waals surface area contributed by atoms with Crippen LogP contribution in [0.25, 0.3) is 11.3 Å². The maximum absolute atomic E-state index is 14.2. The highest BCUT2D eigenvalue weighted by Gasteiger charge is 2.38. The zero-order valence-corrected chi connectivity index (χ0v) is 25.8. The summed E-state index contributed by atoms with van der Waals surface area (Å²) >= 11 is 0. The fraction of sp³-hybridized carbons (Fsp3) is 0.433. The molecular weight excluding hydrogens is 638 g/mol. The number of halogens is 6. The second-order valence-corrected chi connectivity index (χ2v) is 13.3. The number of carbonyl (C=O) groups is 1. The Bertz CT molecular complexity index is 1690. The Balaban J connectivity index is 1.55. The van der Waals surface area contributed by atoms with Crippen molar-refractivity contribution in [2.45, 2.75) is 51.1 Å². The number of aromatic nitrogens is 2. The van der Waals surface area contributed by atoms with Gasteiger partial charge in [0.25, 0.3) is 5.91 Å². The Kier molecular flexibility index (Phi) is 9.23. The van der Waals surface area contributed by atoms with Gasteiger partial charge in [-0.15, -0.1) is 0 Å². The smallest absolute Gasteiger partial charge is 0.369 e. The lowest BCUT2D eigenvalue weighted by atomic mass is 9.99. The molecule has 1 fully saturated rings. The molecular formula is C30H32F6N6O3S. The van der Waals surface area contributed by atoms with E-state index in [2.05, 4.69) is 15.0 Å². The molecule has 46 heavy (non-hydrogen) atoms. The van der Waals surface area contributed by atoms with Gasteiger partial charge in [-0.25, -0.2) is 18.1 Å². The molecule has 0 atom stereocenters. The van der Waals surface area contributed by atoms with Crippen molar-refractivity contribution in [3.63, 3.8) is 0 Å². The van der Waals surface area contributed by atoms with Crippen LogP contribution in [0.5, 0.6) is 0 Å². The first-order valence-electron chi connectivity index (χ1n) is 14.5. The number of nitrogens with zero attached hydrogens (tertiary/aromatic N) is 4. The first-order chi connectivity index (χ1) is 21.5. The third kappa shape index (κ3) is 7.71. The molecule has 2 aliphatic heterocycles. The average molecular weight is 671 g/mol. The SMILES string of the molecule is Cc1ccccc1-c1nc(N2CCC(NS(C)(=O)=O)CC2)nc2c1C(=O)N(Cc1cc(C(F)(F)F)cc(C(F)(F)F)c1)CCCN2. The van der Waals surface area contributed by atoms with Crippen molar-refractivity contribution in [2.75, 3.05) is 42.7 Å². The molecule has 0 unspecified atom stereocenters. The first-order valence-corrected chi connectivity index (χ1v) is 16.4. The molecule has 0 saturated carbocycles. The molecule has 0 radical (unpaired) electrons. The summed E-state index contributed by atoms with van der Waals surface area (Å²) in [4.78, 5) is 26.8. The zero-order chi connectivity index (χ0) is 33.4. The number of benzene rings is 2. The highest BCUT2D eigenvalue weighted by molar-refractivity contribution is 7.88. The number of piperidine rings is 1. The molecule has 248 valence electrons. The van der Waals surface area contributed by atoms with Crippen molar-refractivity contribution in [1.82, 2.24) is 19.6 Å². The van der Waals surface area contributed by atoms with E-state index in [1.807, 2.05) is 24.0 Å². The van der Waals surface area contributed by atoms with Gasteiger partial charge >= 0.3 is 12.4 Å². The summed E-state index contributed by atoms with van der Waals surface area (Å²) in [7, 11) is -3.39. The van der Waals surface area contributed by atoms with Crippen LogP contribution in [0.3, 0.4) is 0 Å². The predicted molar refractivity (Wildman–Crippen MR) is 160 cm³/mol. The highest BCUT2D eigenvalue weighted by Crippen LogP contribution is 2.38. The molecule has 3 heterocycles. The summed E-state index contributed by atoms with van der Waals surface area (Å²) in [5.41, 5.74) is -1.53. The molecule has 0 spiro atoms. The summed E-state index contributed by atoms with van der Waals surface area (Å²) in [5.74, 6) is -0.154. The number of hydrogen-bond donors (Lipinski definition) is 2. The number of anilines is 2. The van der Waals surface area contributed by atoms with Gasteiger partial charge in [-0.2, -0.15) is 31.3 Å². The van der Waals surface area contributed by atoms with Crippen LogP contribution in [0.4, 0.5) is 38.1 Å². The highest BCUT2D eigenvalue weighted by atomic mass is 32.2. The minimum Gasteiger partial charge on any atom is -0.369 e. The van der Waals surface area contributed by atoms with E-state index in [-0.39, 0.29) is 41.3 Å². The molecule has 0 aliphatic carbocycles. The van der Waals surface area contributed by atoms with Crippen molar-refractivity contribution in [3.05, 3.63) is 70.3 Å². The van der Waals surface area contributed by atoms with Gasteiger partial charge in [-0.3, -0.25) is 4.79 Å². The van der Waals surface area contributed by atoms with E-state index in [1.54, 1.807) is 12.1 Å². The van der Waals surface area contributed by atoms with Crippen LogP contribution in [0.1, 0.15) is 51.9 Å². The van der Waals surface area contributed by atoms with Crippen LogP contribution in [0, 0.1) is 6.92 Å². The van der Waals surface area contributed by atoms with E-state index >= 15 is 0 Å². The molecule has 2 aromatic carbocycles. The molecule has 1 amide bonds. The lowest BCUT2D eigenvalue weighted by Crippen LogP contribution is -2.45. The number of sulfonamides is 1. The molecule has 3 aromatic rings. The molecule has 2 aliphatic rings. The number of amides is 1. The monoisotopic (exact) mass is 670 g/mol. The fourth-order valence-electron chi connectivity index (χ4n) is 5.67. The van der Waals surface area contributed by atoms with Crippen LogP contribution in [-0.2, 0) is 28.9 Å². The Morgan fingerprint density at radius 2 is 1.59 bits per heavy atom. The van der Waals surface area contributed by atoms with E-state index in [1.165, 1.54) is 4.90 Å². The molecule has 2 N–H and O–H groups in total. The summed E-state index contributed by atoms with van der Waals surface area (Å²) in [6, 6.07) is 8.22. The molecule has 1 saturated heterocycles. The minimum absolute atomic E-state index is 0.0504. The van der Waals surface area contributed by atoms with Gasteiger partial charge in [0.1, 0.15) is 11.4 Å². The van der Waals surface area contributed by atoms with Crippen molar-refractivity contribution < 1.29 is 39.6 Å². The van der Waals surface area contributed by atoms with E-state index in [0.717, 1.165) is 11.8 Å². The van der Waals surface area contributed by atoms with Crippen molar-refractivity contribution in [2.24, 2.45) is 0 Å². The van der Waals surface area contributed by atoms with Gasteiger partial charge in [0.2, 0.25) is 16.0 Å². The Morgan fingerprint density at radius 3 is 2.17 bits per heavy atom. The second kappa shape index (κ2) is 12.7. The third-order valence-corrected chi connectivity index (χ3v) is 8.64. The van der Waals surface area contributed by atoms with Crippen LogP contribution in [-0.4, -0.2) is 67.7 Å². The average Bonchev–Trinajstić information content (AvgIpc) is 2.96. The maximum Gasteiger partial charge on any atom is 0.416 e. The topological polar surface area (TPSA) is 108 Å². The number of carbonyl (C=O) groups excluding carboxylic acids is 1. The standard InChI is InChI=1S/C30H32F6N6O3S/c1-18-6-3-4-7-23(18)25-24-26(39-28(38-25)41-12-8-22(9-13-41)40-46(2,44)45)37-10-5-11-42(27(24)43)17-19-14-20(29(31,32)33)16-21(15-19)30(34,35)36/h3-4,6-7,14-16,22,40H,5,8-13,17H2,1-2H3,(H,37,38,39). The van der Waals surface area contributed by atoms with Gasteiger partial charge in [0.05, 0.1) is 23.1 Å². The lowest BCUT2D eigenvalue weighted by Gasteiger charge is -2.33. The molecule has 5 rings (SSSR count). The van der Waals surface area contributed by atoms with Crippen molar-refractivity contribution in [1.29, 1.82) is 0 Å². The van der Waals surface area contributed by atoms with Gasteiger partial charge in [-0.1, -0.05) is 24.3 Å².